The van der Waals surface area contributed by atoms with Gasteiger partial charge in [0.05, 0.1) is 20.3 Å². The summed E-state index contributed by atoms with van der Waals surface area (Å²) in [7, 11) is 3.17. The molecule has 1 aliphatic rings. The van der Waals surface area contributed by atoms with Crippen molar-refractivity contribution >= 4 is 17.5 Å². The molecule has 0 aliphatic carbocycles. The highest BCUT2D eigenvalue weighted by atomic mass is 16.5. The molecular formula is C22H26N2O5. The standard InChI is InChI=1S/C22H26N2O5/c1-15(19-13-17(27-2)9-10-20(19)28-3)23-21(25)14-29-18-7-4-6-16(12-18)24-11-5-8-22(24)26/h4,6-7,9-10,12-13,15H,5,8,11,14H2,1-3H3,(H,23,25)/t15-/m1/s1. The van der Waals surface area contributed by atoms with E-state index >= 15 is 0 Å². The Morgan fingerprint density at radius 1 is 1.14 bits per heavy atom. The van der Waals surface area contributed by atoms with Crippen molar-refractivity contribution in [3.8, 4) is 17.2 Å². The Morgan fingerprint density at radius 3 is 2.66 bits per heavy atom. The van der Waals surface area contributed by atoms with Crippen molar-refractivity contribution in [1.29, 1.82) is 0 Å². The molecule has 1 aliphatic heterocycles. The van der Waals surface area contributed by atoms with E-state index in [1.165, 1.54) is 0 Å². The van der Waals surface area contributed by atoms with Crippen molar-refractivity contribution in [2.45, 2.75) is 25.8 Å². The minimum atomic E-state index is -0.287. The van der Waals surface area contributed by atoms with E-state index in [-0.39, 0.29) is 24.5 Å². The first-order chi connectivity index (χ1) is 14.0. The first kappa shape index (κ1) is 20.5. The van der Waals surface area contributed by atoms with Crippen LogP contribution in [0, 0.1) is 0 Å². The molecule has 1 heterocycles. The van der Waals surface area contributed by atoms with Crippen LogP contribution in [-0.4, -0.2) is 39.2 Å². The smallest absolute Gasteiger partial charge is 0.258 e. The van der Waals surface area contributed by atoms with Crippen LogP contribution in [0.2, 0.25) is 0 Å². The lowest BCUT2D eigenvalue weighted by Crippen LogP contribution is -2.31. The minimum absolute atomic E-state index is 0.112. The van der Waals surface area contributed by atoms with Gasteiger partial charge < -0.3 is 24.4 Å². The number of nitrogens with zero attached hydrogens (tertiary/aromatic N) is 1. The largest absolute Gasteiger partial charge is 0.497 e. The number of amides is 2. The molecule has 2 aromatic carbocycles. The Morgan fingerprint density at radius 2 is 1.97 bits per heavy atom. The SMILES string of the molecule is COc1ccc(OC)c([C@@H](C)NC(=O)COc2cccc(N3CCCC3=O)c2)c1. The van der Waals surface area contributed by atoms with Gasteiger partial charge in [0.15, 0.2) is 6.61 Å². The highest BCUT2D eigenvalue weighted by Crippen LogP contribution is 2.29. The predicted molar refractivity (Wildman–Crippen MR) is 110 cm³/mol. The van der Waals surface area contributed by atoms with Gasteiger partial charge in [-0.1, -0.05) is 6.07 Å². The van der Waals surface area contributed by atoms with Crippen molar-refractivity contribution < 1.29 is 23.8 Å². The average Bonchev–Trinajstić information content (AvgIpc) is 3.17. The fourth-order valence-electron chi connectivity index (χ4n) is 3.35. The molecule has 0 bridgehead atoms. The van der Waals surface area contributed by atoms with E-state index in [4.69, 9.17) is 14.2 Å². The lowest BCUT2D eigenvalue weighted by Gasteiger charge is -2.19. The highest BCUT2D eigenvalue weighted by Gasteiger charge is 2.22. The van der Waals surface area contributed by atoms with Crippen LogP contribution >= 0.6 is 0 Å². The Hall–Kier alpha value is -3.22. The Bertz CT molecular complexity index is 883. The van der Waals surface area contributed by atoms with E-state index in [1.807, 2.05) is 25.1 Å². The van der Waals surface area contributed by atoms with Crippen molar-refractivity contribution in [2.75, 3.05) is 32.3 Å². The molecule has 0 saturated carbocycles. The number of carbonyl (C=O) groups is 2. The number of rotatable bonds is 8. The first-order valence-corrected chi connectivity index (χ1v) is 9.56. The summed E-state index contributed by atoms with van der Waals surface area (Å²) in [5.41, 5.74) is 1.61. The molecule has 1 N–H and O–H groups in total. The number of methoxy groups -OCH3 is 2. The molecule has 7 nitrogen and oxygen atoms in total. The summed E-state index contributed by atoms with van der Waals surface area (Å²) in [4.78, 5) is 26.0. The van der Waals surface area contributed by atoms with Crippen molar-refractivity contribution in [1.82, 2.24) is 5.32 Å². The third kappa shape index (κ3) is 4.99. The number of hydrogen-bond donors (Lipinski definition) is 1. The Kier molecular flexibility index (Phi) is 6.59. The number of carbonyl (C=O) groups excluding carboxylic acids is 2. The van der Waals surface area contributed by atoms with E-state index in [2.05, 4.69) is 5.32 Å². The topological polar surface area (TPSA) is 77.1 Å². The van der Waals surface area contributed by atoms with Gasteiger partial charge >= 0.3 is 0 Å². The Labute approximate surface area is 170 Å². The van der Waals surface area contributed by atoms with Gasteiger partial charge in [0.25, 0.3) is 5.91 Å². The van der Waals surface area contributed by atoms with Gasteiger partial charge in [-0.2, -0.15) is 0 Å². The summed E-state index contributed by atoms with van der Waals surface area (Å²) in [5.74, 6) is 1.75. The van der Waals surface area contributed by atoms with Crippen LogP contribution in [-0.2, 0) is 9.59 Å². The third-order valence-corrected chi connectivity index (χ3v) is 4.85. The number of hydrogen-bond acceptors (Lipinski definition) is 5. The number of benzene rings is 2. The fourth-order valence-corrected chi connectivity index (χ4v) is 3.35. The van der Waals surface area contributed by atoms with E-state index in [1.54, 1.807) is 43.4 Å². The van der Waals surface area contributed by atoms with Crippen molar-refractivity contribution in [3.05, 3.63) is 48.0 Å². The zero-order chi connectivity index (χ0) is 20.8. The molecule has 0 unspecified atom stereocenters. The minimum Gasteiger partial charge on any atom is -0.497 e. The predicted octanol–water partition coefficient (Wildman–Crippen LogP) is 3.09. The zero-order valence-electron chi connectivity index (χ0n) is 16.9. The molecule has 0 aromatic heterocycles. The van der Waals surface area contributed by atoms with Crippen LogP contribution in [0.25, 0.3) is 0 Å². The van der Waals surface area contributed by atoms with Gasteiger partial charge in [-0.05, 0) is 43.7 Å². The summed E-state index contributed by atoms with van der Waals surface area (Å²) in [6, 6.07) is 12.4. The molecule has 7 heteroatoms. The third-order valence-electron chi connectivity index (χ3n) is 4.85. The molecule has 0 spiro atoms. The maximum absolute atomic E-state index is 12.4. The molecule has 29 heavy (non-hydrogen) atoms. The molecule has 1 saturated heterocycles. The first-order valence-electron chi connectivity index (χ1n) is 9.56. The summed E-state index contributed by atoms with van der Waals surface area (Å²) in [6.07, 6.45) is 1.43. The quantitative estimate of drug-likeness (QED) is 0.739. The molecule has 1 fully saturated rings. The number of nitrogens with one attached hydrogen (secondary N) is 1. The van der Waals surface area contributed by atoms with Crippen LogP contribution in [0.3, 0.4) is 0 Å². The zero-order valence-corrected chi connectivity index (χ0v) is 16.9. The lowest BCUT2D eigenvalue weighted by atomic mass is 10.1. The molecule has 3 rings (SSSR count). The van der Waals surface area contributed by atoms with E-state index < -0.39 is 0 Å². The lowest BCUT2D eigenvalue weighted by molar-refractivity contribution is -0.123. The second-order valence-electron chi connectivity index (χ2n) is 6.83. The molecule has 1 atom stereocenters. The summed E-state index contributed by atoms with van der Waals surface area (Å²) < 4.78 is 16.3. The van der Waals surface area contributed by atoms with Gasteiger partial charge in [-0.3, -0.25) is 9.59 Å². The van der Waals surface area contributed by atoms with Crippen molar-refractivity contribution in [2.24, 2.45) is 0 Å². The van der Waals surface area contributed by atoms with E-state index in [0.29, 0.717) is 30.2 Å². The Balaban J connectivity index is 1.60. The summed E-state index contributed by atoms with van der Waals surface area (Å²) >= 11 is 0. The number of anilines is 1. The van der Waals surface area contributed by atoms with Crippen LogP contribution in [0.4, 0.5) is 5.69 Å². The molecule has 154 valence electrons. The molecule has 2 amide bonds. The van der Waals surface area contributed by atoms with Gasteiger partial charge in [0, 0.05) is 30.3 Å². The van der Waals surface area contributed by atoms with Crippen LogP contribution < -0.4 is 24.4 Å². The van der Waals surface area contributed by atoms with Crippen LogP contribution in [0.5, 0.6) is 17.2 Å². The highest BCUT2D eigenvalue weighted by molar-refractivity contribution is 5.95. The van der Waals surface area contributed by atoms with Crippen LogP contribution in [0.1, 0.15) is 31.4 Å². The molecular weight excluding hydrogens is 372 g/mol. The monoisotopic (exact) mass is 398 g/mol. The maximum Gasteiger partial charge on any atom is 0.258 e. The van der Waals surface area contributed by atoms with E-state index in [9.17, 15) is 9.59 Å². The van der Waals surface area contributed by atoms with Gasteiger partial charge in [0.2, 0.25) is 5.91 Å². The maximum atomic E-state index is 12.4. The summed E-state index contributed by atoms with van der Waals surface area (Å²) in [6.45, 7) is 2.45. The molecule has 0 radical (unpaired) electrons. The van der Waals surface area contributed by atoms with Crippen LogP contribution in [0.15, 0.2) is 42.5 Å². The average molecular weight is 398 g/mol. The second kappa shape index (κ2) is 9.32. The number of ether oxygens (including phenoxy) is 3. The normalized spacial score (nSPS) is 14.4. The van der Waals surface area contributed by atoms with Gasteiger partial charge in [0.1, 0.15) is 17.2 Å². The van der Waals surface area contributed by atoms with Crippen molar-refractivity contribution in [3.63, 3.8) is 0 Å². The van der Waals surface area contributed by atoms with Gasteiger partial charge in [-0.25, -0.2) is 0 Å². The van der Waals surface area contributed by atoms with E-state index in [0.717, 1.165) is 17.7 Å². The van der Waals surface area contributed by atoms with Gasteiger partial charge in [-0.15, -0.1) is 0 Å². The summed E-state index contributed by atoms with van der Waals surface area (Å²) in [5, 5.41) is 2.91. The fraction of sp³-hybridized carbons (Fsp3) is 0.364. The second-order valence-corrected chi connectivity index (χ2v) is 6.83. The molecule has 2 aromatic rings.